The summed E-state index contributed by atoms with van der Waals surface area (Å²) < 4.78 is 33.2. The van der Waals surface area contributed by atoms with Gasteiger partial charge in [0.05, 0.1) is 11.8 Å². The molecule has 0 aliphatic rings. The van der Waals surface area contributed by atoms with Crippen molar-refractivity contribution in [1.82, 2.24) is 0 Å². The molecule has 0 aliphatic heterocycles. The first kappa shape index (κ1) is 17.7. The number of nitrogens with two attached hydrogens (primary N) is 1. The maximum absolute atomic E-state index is 14.1. The average Bonchev–Trinajstić information content (AvgIpc) is 2.55. The zero-order valence-corrected chi connectivity index (χ0v) is 13.6. The lowest BCUT2D eigenvalue weighted by atomic mass is 10.1. The van der Waals surface area contributed by atoms with E-state index < -0.39 is 23.1 Å². The number of hydrogen-bond donors (Lipinski definition) is 2. The van der Waals surface area contributed by atoms with Crippen molar-refractivity contribution in [2.24, 2.45) is 5.73 Å². The van der Waals surface area contributed by atoms with Gasteiger partial charge in [0.15, 0.2) is 5.82 Å². The SMILES string of the molecule is CCC(C)Oc1ccc(CNc2ccc(F)c(C(N)=O)c2F)cc1. The van der Waals surface area contributed by atoms with Gasteiger partial charge in [0.1, 0.15) is 17.1 Å². The molecule has 2 rings (SSSR count). The molecule has 1 amide bonds. The topological polar surface area (TPSA) is 64.3 Å². The summed E-state index contributed by atoms with van der Waals surface area (Å²) in [4.78, 5) is 11.1. The molecular formula is C18H20F2N2O2. The standard InChI is InChI=1S/C18H20F2N2O2/c1-3-11(2)24-13-6-4-12(5-7-13)10-22-15-9-8-14(19)16(17(15)20)18(21)23/h4-9,11,22H,3,10H2,1-2H3,(H2,21,23). The minimum absolute atomic E-state index is 0.0186. The Kier molecular flexibility index (Phi) is 5.73. The average molecular weight is 334 g/mol. The van der Waals surface area contributed by atoms with Gasteiger partial charge in [-0.1, -0.05) is 19.1 Å². The molecule has 0 heterocycles. The van der Waals surface area contributed by atoms with E-state index in [2.05, 4.69) is 5.32 Å². The van der Waals surface area contributed by atoms with Crippen molar-refractivity contribution in [1.29, 1.82) is 0 Å². The number of halogens is 2. The van der Waals surface area contributed by atoms with E-state index in [0.717, 1.165) is 23.8 Å². The highest BCUT2D eigenvalue weighted by atomic mass is 19.1. The van der Waals surface area contributed by atoms with Gasteiger partial charge < -0.3 is 15.8 Å². The molecule has 2 aromatic carbocycles. The van der Waals surface area contributed by atoms with Gasteiger partial charge in [-0.05, 0) is 43.2 Å². The smallest absolute Gasteiger partial charge is 0.254 e. The molecule has 0 spiro atoms. The van der Waals surface area contributed by atoms with Crippen molar-refractivity contribution in [2.45, 2.75) is 32.9 Å². The Balaban J connectivity index is 2.06. The molecule has 0 fully saturated rings. The first-order chi connectivity index (χ1) is 11.4. The van der Waals surface area contributed by atoms with Gasteiger partial charge in [-0.3, -0.25) is 4.79 Å². The number of nitrogens with one attached hydrogen (secondary N) is 1. The van der Waals surface area contributed by atoms with Crippen molar-refractivity contribution >= 4 is 11.6 Å². The Bertz CT molecular complexity index is 718. The van der Waals surface area contributed by atoms with Crippen LogP contribution in [-0.2, 0) is 6.54 Å². The van der Waals surface area contributed by atoms with Gasteiger partial charge in [-0.25, -0.2) is 8.78 Å². The fraction of sp³-hybridized carbons (Fsp3) is 0.278. The van der Waals surface area contributed by atoms with E-state index in [1.54, 1.807) is 0 Å². The fourth-order valence-electron chi connectivity index (χ4n) is 2.11. The van der Waals surface area contributed by atoms with Crippen LogP contribution in [0.25, 0.3) is 0 Å². The largest absolute Gasteiger partial charge is 0.491 e. The maximum Gasteiger partial charge on any atom is 0.254 e. The van der Waals surface area contributed by atoms with E-state index in [-0.39, 0.29) is 11.8 Å². The van der Waals surface area contributed by atoms with Crippen LogP contribution in [0.4, 0.5) is 14.5 Å². The normalized spacial score (nSPS) is 11.8. The first-order valence-corrected chi connectivity index (χ1v) is 7.69. The number of carbonyl (C=O) groups excluding carboxylic acids is 1. The fourth-order valence-corrected chi connectivity index (χ4v) is 2.11. The molecule has 1 atom stereocenters. The lowest BCUT2D eigenvalue weighted by Gasteiger charge is -2.13. The Morgan fingerprint density at radius 3 is 2.46 bits per heavy atom. The lowest BCUT2D eigenvalue weighted by molar-refractivity contribution is 0.0992. The van der Waals surface area contributed by atoms with Crippen molar-refractivity contribution in [3.63, 3.8) is 0 Å². The number of carbonyl (C=O) groups is 1. The zero-order chi connectivity index (χ0) is 17.7. The molecule has 2 aromatic rings. The van der Waals surface area contributed by atoms with Gasteiger partial charge in [-0.15, -0.1) is 0 Å². The molecule has 0 radical (unpaired) electrons. The molecule has 6 heteroatoms. The third-order valence-corrected chi connectivity index (χ3v) is 3.66. The van der Waals surface area contributed by atoms with Crippen LogP contribution in [0.15, 0.2) is 36.4 Å². The summed E-state index contributed by atoms with van der Waals surface area (Å²) in [5, 5.41) is 2.83. The predicted octanol–water partition coefficient (Wildman–Crippen LogP) is 3.85. The summed E-state index contributed by atoms with van der Waals surface area (Å²) in [7, 11) is 0. The van der Waals surface area contributed by atoms with E-state index in [0.29, 0.717) is 6.54 Å². The second-order valence-electron chi connectivity index (χ2n) is 5.48. The Labute approximate surface area is 139 Å². The third kappa shape index (κ3) is 4.22. The van der Waals surface area contributed by atoms with Gasteiger partial charge in [-0.2, -0.15) is 0 Å². The van der Waals surface area contributed by atoms with Crippen LogP contribution in [0.5, 0.6) is 5.75 Å². The monoisotopic (exact) mass is 334 g/mol. The van der Waals surface area contributed by atoms with Gasteiger partial charge in [0.25, 0.3) is 5.91 Å². The van der Waals surface area contributed by atoms with Crippen molar-refractivity contribution in [3.05, 3.63) is 59.2 Å². The first-order valence-electron chi connectivity index (χ1n) is 7.69. The van der Waals surface area contributed by atoms with Gasteiger partial charge >= 0.3 is 0 Å². The van der Waals surface area contributed by atoms with Crippen LogP contribution < -0.4 is 15.8 Å². The van der Waals surface area contributed by atoms with Crippen LogP contribution >= 0.6 is 0 Å². The third-order valence-electron chi connectivity index (χ3n) is 3.66. The van der Waals surface area contributed by atoms with Gasteiger partial charge in [0.2, 0.25) is 0 Å². The molecule has 1 unspecified atom stereocenters. The van der Waals surface area contributed by atoms with Crippen LogP contribution in [0, 0.1) is 11.6 Å². The van der Waals surface area contributed by atoms with E-state index in [9.17, 15) is 13.6 Å². The molecule has 0 aromatic heterocycles. The highest BCUT2D eigenvalue weighted by molar-refractivity contribution is 5.94. The Hall–Kier alpha value is -2.63. The minimum Gasteiger partial charge on any atom is -0.491 e. The lowest BCUT2D eigenvalue weighted by Crippen LogP contribution is -2.17. The summed E-state index contributed by atoms with van der Waals surface area (Å²) >= 11 is 0. The summed E-state index contributed by atoms with van der Waals surface area (Å²) in [6.07, 6.45) is 1.05. The van der Waals surface area contributed by atoms with Crippen LogP contribution in [0.1, 0.15) is 36.2 Å². The Morgan fingerprint density at radius 1 is 1.21 bits per heavy atom. The molecule has 4 nitrogen and oxygen atoms in total. The van der Waals surface area contributed by atoms with Crippen LogP contribution in [0.3, 0.4) is 0 Å². The highest BCUT2D eigenvalue weighted by Gasteiger charge is 2.18. The number of benzene rings is 2. The molecule has 24 heavy (non-hydrogen) atoms. The molecule has 3 N–H and O–H groups in total. The van der Waals surface area contributed by atoms with Crippen molar-refractivity contribution in [2.75, 3.05) is 5.32 Å². The Morgan fingerprint density at radius 2 is 1.88 bits per heavy atom. The molecular weight excluding hydrogens is 314 g/mol. The van der Waals surface area contributed by atoms with E-state index in [1.807, 2.05) is 38.1 Å². The van der Waals surface area contributed by atoms with Crippen LogP contribution in [0.2, 0.25) is 0 Å². The summed E-state index contributed by atoms with van der Waals surface area (Å²) in [5.41, 5.74) is 5.16. The van der Waals surface area contributed by atoms with E-state index >= 15 is 0 Å². The quantitative estimate of drug-likeness (QED) is 0.808. The zero-order valence-electron chi connectivity index (χ0n) is 13.6. The van der Waals surface area contributed by atoms with Gasteiger partial charge in [0, 0.05) is 6.54 Å². The summed E-state index contributed by atoms with van der Waals surface area (Å²) in [6.45, 7) is 4.34. The van der Waals surface area contributed by atoms with E-state index in [4.69, 9.17) is 10.5 Å². The maximum atomic E-state index is 14.1. The van der Waals surface area contributed by atoms with Crippen molar-refractivity contribution in [3.8, 4) is 5.75 Å². The van der Waals surface area contributed by atoms with Crippen LogP contribution in [-0.4, -0.2) is 12.0 Å². The molecule has 128 valence electrons. The predicted molar refractivity (Wildman–Crippen MR) is 89.0 cm³/mol. The highest BCUT2D eigenvalue weighted by Crippen LogP contribution is 2.22. The second-order valence-corrected chi connectivity index (χ2v) is 5.48. The molecule has 0 saturated carbocycles. The second kappa shape index (κ2) is 7.77. The molecule has 0 aliphatic carbocycles. The number of amides is 1. The van der Waals surface area contributed by atoms with Crippen molar-refractivity contribution < 1.29 is 18.3 Å². The number of rotatable bonds is 7. The summed E-state index contributed by atoms with van der Waals surface area (Å²) in [6, 6.07) is 9.60. The number of hydrogen-bond acceptors (Lipinski definition) is 3. The summed E-state index contributed by atoms with van der Waals surface area (Å²) in [5.74, 6) is -2.34. The van der Waals surface area contributed by atoms with E-state index in [1.165, 1.54) is 6.07 Å². The number of ether oxygens (including phenoxy) is 1. The minimum atomic E-state index is -1.14. The molecule has 0 saturated heterocycles. The molecule has 0 bridgehead atoms. The number of primary amides is 1. The number of anilines is 1.